The van der Waals surface area contributed by atoms with Gasteiger partial charge in [-0.2, -0.15) is 0 Å². The van der Waals surface area contributed by atoms with E-state index in [-0.39, 0.29) is 0 Å². The Morgan fingerprint density at radius 3 is 2.03 bits per heavy atom. The molecular formula is C25H27BrN2O5. The Morgan fingerprint density at radius 2 is 1.42 bits per heavy atom. The van der Waals surface area contributed by atoms with E-state index in [1.54, 1.807) is 7.11 Å². The lowest BCUT2D eigenvalue weighted by Crippen LogP contribution is -2.45. The highest BCUT2D eigenvalue weighted by Gasteiger charge is 2.19. The highest BCUT2D eigenvalue weighted by atomic mass is 79.9. The smallest absolute Gasteiger partial charge is 0.414 e. The third-order valence-corrected chi connectivity index (χ3v) is 6.05. The number of methoxy groups -OCH3 is 1. The average molecular weight is 515 g/mol. The number of piperazine rings is 1. The van der Waals surface area contributed by atoms with Gasteiger partial charge in [-0.3, -0.25) is 9.80 Å². The molecule has 3 aromatic carbocycles. The summed E-state index contributed by atoms with van der Waals surface area (Å²) in [7, 11) is 1.74. The summed E-state index contributed by atoms with van der Waals surface area (Å²) in [5.74, 6) is -2.68. The number of benzene rings is 3. The van der Waals surface area contributed by atoms with E-state index in [9.17, 15) is 0 Å². The zero-order valence-corrected chi connectivity index (χ0v) is 20.0. The molecule has 174 valence electrons. The largest absolute Gasteiger partial charge is 0.496 e. The van der Waals surface area contributed by atoms with Crippen LogP contribution in [0.2, 0.25) is 0 Å². The number of aliphatic carboxylic acids is 2. The molecule has 0 aliphatic carbocycles. The lowest BCUT2D eigenvalue weighted by Gasteiger charge is -2.35. The molecule has 1 fully saturated rings. The third-order valence-electron chi connectivity index (χ3n) is 5.56. The molecule has 2 N–H and O–H groups in total. The Labute approximate surface area is 201 Å². The summed E-state index contributed by atoms with van der Waals surface area (Å²) in [4.78, 5) is 23.3. The van der Waals surface area contributed by atoms with E-state index in [4.69, 9.17) is 24.5 Å². The highest BCUT2D eigenvalue weighted by molar-refractivity contribution is 9.10. The maximum absolute atomic E-state index is 9.10. The van der Waals surface area contributed by atoms with E-state index >= 15 is 0 Å². The van der Waals surface area contributed by atoms with Crippen LogP contribution in [0.1, 0.15) is 11.1 Å². The molecule has 0 aromatic heterocycles. The van der Waals surface area contributed by atoms with Gasteiger partial charge in [0.15, 0.2) is 0 Å². The second-order valence-corrected chi connectivity index (χ2v) is 8.67. The van der Waals surface area contributed by atoms with Gasteiger partial charge in [-0.05, 0) is 34.5 Å². The summed E-state index contributed by atoms with van der Waals surface area (Å²) in [5.41, 5.74) is 2.67. The SMILES string of the molecule is COc1ccc(Br)cc1CN1CCN(Cc2cccc3ccccc23)CC1.O=C(O)C(=O)O. The molecule has 0 saturated carbocycles. The number of carboxylic acid groups (broad SMARTS) is 2. The Hall–Kier alpha value is -2.94. The normalized spacial score (nSPS) is 14.4. The maximum atomic E-state index is 9.10. The van der Waals surface area contributed by atoms with Crippen molar-refractivity contribution >= 4 is 38.6 Å². The van der Waals surface area contributed by atoms with E-state index in [1.165, 1.54) is 21.9 Å². The number of hydrogen-bond acceptors (Lipinski definition) is 5. The Bertz CT molecular complexity index is 1100. The highest BCUT2D eigenvalue weighted by Crippen LogP contribution is 2.25. The van der Waals surface area contributed by atoms with Gasteiger partial charge in [-0.25, -0.2) is 9.59 Å². The van der Waals surface area contributed by atoms with Gasteiger partial charge in [0.2, 0.25) is 0 Å². The second kappa shape index (κ2) is 11.8. The molecular weight excluding hydrogens is 488 g/mol. The van der Waals surface area contributed by atoms with Crippen molar-refractivity contribution in [3.63, 3.8) is 0 Å². The average Bonchev–Trinajstić information content (AvgIpc) is 2.81. The van der Waals surface area contributed by atoms with Crippen LogP contribution in [0.3, 0.4) is 0 Å². The van der Waals surface area contributed by atoms with Crippen molar-refractivity contribution in [2.24, 2.45) is 0 Å². The number of rotatable bonds is 5. The topological polar surface area (TPSA) is 90.3 Å². The molecule has 1 aliphatic rings. The fourth-order valence-corrected chi connectivity index (χ4v) is 4.30. The lowest BCUT2D eigenvalue weighted by atomic mass is 10.0. The lowest BCUT2D eigenvalue weighted by molar-refractivity contribution is -0.159. The first-order chi connectivity index (χ1) is 15.9. The van der Waals surface area contributed by atoms with Crippen molar-refractivity contribution in [2.75, 3.05) is 33.3 Å². The van der Waals surface area contributed by atoms with Gasteiger partial charge < -0.3 is 14.9 Å². The summed E-state index contributed by atoms with van der Waals surface area (Å²) in [6.07, 6.45) is 0. The summed E-state index contributed by atoms with van der Waals surface area (Å²) < 4.78 is 6.63. The number of fused-ring (bicyclic) bond motifs is 1. The summed E-state index contributed by atoms with van der Waals surface area (Å²) >= 11 is 3.57. The Balaban J connectivity index is 0.000000454. The van der Waals surface area contributed by atoms with E-state index in [0.29, 0.717) is 0 Å². The van der Waals surface area contributed by atoms with Crippen LogP contribution in [0.25, 0.3) is 10.8 Å². The van der Waals surface area contributed by atoms with Crippen LogP contribution >= 0.6 is 15.9 Å². The van der Waals surface area contributed by atoms with Gasteiger partial charge in [-0.15, -0.1) is 0 Å². The molecule has 4 rings (SSSR count). The number of carbonyl (C=O) groups is 2. The number of halogens is 1. The van der Waals surface area contributed by atoms with Crippen molar-refractivity contribution in [3.05, 3.63) is 76.3 Å². The van der Waals surface area contributed by atoms with E-state index in [1.807, 2.05) is 12.1 Å². The van der Waals surface area contributed by atoms with Crippen LogP contribution in [0.4, 0.5) is 0 Å². The van der Waals surface area contributed by atoms with Gasteiger partial charge >= 0.3 is 11.9 Å². The van der Waals surface area contributed by atoms with Crippen molar-refractivity contribution in [3.8, 4) is 5.75 Å². The first-order valence-electron chi connectivity index (χ1n) is 10.6. The zero-order chi connectivity index (χ0) is 23.8. The van der Waals surface area contributed by atoms with Crippen LogP contribution in [-0.2, 0) is 22.7 Å². The molecule has 33 heavy (non-hydrogen) atoms. The van der Waals surface area contributed by atoms with Crippen molar-refractivity contribution in [2.45, 2.75) is 13.1 Å². The van der Waals surface area contributed by atoms with Gasteiger partial charge in [0.1, 0.15) is 5.75 Å². The molecule has 7 nitrogen and oxygen atoms in total. The zero-order valence-electron chi connectivity index (χ0n) is 18.4. The minimum atomic E-state index is -1.82. The quantitative estimate of drug-likeness (QED) is 0.495. The summed E-state index contributed by atoms with van der Waals surface area (Å²) in [5, 5.41) is 17.5. The maximum Gasteiger partial charge on any atom is 0.414 e. The molecule has 8 heteroatoms. The number of carboxylic acids is 2. The van der Waals surface area contributed by atoms with E-state index < -0.39 is 11.9 Å². The molecule has 0 atom stereocenters. The first kappa shape index (κ1) is 24.7. The van der Waals surface area contributed by atoms with Gasteiger partial charge in [-0.1, -0.05) is 58.4 Å². The molecule has 0 amide bonds. The Kier molecular flexibility index (Phi) is 8.82. The molecule has 0 spiro atoms. The van der Waals surface area contributed by atoms with Crippen LogP contribution in [0, 0.1) is 0 Å². The van der Waals surface area contributed by atoms with Crippen molar-refractivity contribution in [1.29, 1.82) is 0 Å². The van der Waals surface area contributed by atoms with Gasteiger partial charge in [0.05, 0.1) is 7.11 Å². The molecule has 1 saturated heterocycles. The van der Waals surface area contributed by atoms with Crippen LogP contribution in [-0.4, -0.2) is 65.2 Å². The minimum absolute atomic E-state index is 0.935. The summed E-state index contributed by atoms with van der Waals surface area (Å²) in [6.45, 7) is 6.32. The standard InChI is InChI=1S/C23H25BrN2O.C2H2O4/c1-27-23-10-9-21(24)15-20(23)17-26-13-11-25(12-14-26)16-19-7-4-6-18-5-2-3-8-22(18)19;3-1(4)2(5)6/h2-10,15H,11-14,16-17H2,1H3;(H,3,4)(H,5,6). The van der Waals surface area contributed by atoms with E-state index in [0.717, 1.165) is 49.5 Å². The number of nitrogens with zero attached hydrogens (tertiary/aromatic N) is 2. The first-order valence-corrected chi connectivity index (χ1v) is 11.4. The molecule has 3 aromatic rings. The Morgan fingerprint density at radius 1 is 0.848 bits per heavy atom. The fourth-order valence-electron chi connectivity index (χ4n) is 3.89. The monoisotopic (exact) mass is 514 g/mol. The van der Waals surface area contributed by atoms with Crippen molar-refractivity contribution in [1.82, 2.24) is 9.80 Å². The van der Waals surface area contributed by atoms with Gasteiger partial charge in [0, 0.05) is 49.3 Å². The van der Waals surface area contributed by atoms with E-state index in [2.05, 4.69) is 74.3 Å². The fraction of sp³-hybridized carbons (Fsp3) is 0.280. The van der Waals surface area contributed by atoms with Crippen LogP contribution in [0.5, 0.6) is 5.75 Å². The predicted octanol–water partition coefficient (Wildman–Crippen LogP) is 4.08. The number of ether oxygens (including phenoxy) is 1. The third kappa shape index (κ3) is 7.02. The van der Waals surface area contributed by atoms with Crippen LogP contribution < -0.4 is 4.74 Å². The molecule has 1 aliphatic heterocycles. The number of hydrogen-bond donors (Lipinski definition) is 2. The molecule has 0 radical (unpaired) electrons. The predicted molar refractivity (Wildman–Crippen MR) is 130 cm³/mol. The minimum Gasteiger partial charge on any atom is -0.496 e. The molecule has 0 unspecified atom stereocenters. The van der Waals surface area contributed by atoms with Gasteiger partial charge in [0.25, 0.3) is 0 Å². The molecule has 1 heterocycles. The summed E-state index contributed by atoms with van der Waals surface area (Å²) in [6, 6.07) is 21.6. The van der Waals surface area contributed by atoms with Crippen molar-refractivity contribution < 1.29 is 24.5 Å². The van der Waals surface area contributed by atoms with Crippen LogP contribution in [0.15, 0.2) is 65.1 Å². The second-order valence-electron chi connectivity index (χ2n) is 7.76. The molecule has 0 bridgehead atoms.